The minimum atomic E-state index is -1.32. The number of carbonyl (C=O) groups excluding carboxylic acids is 2. The maximum atomic E-state index is 14.0. The Kier molecular flexibility index (Phi) is 9.18. The van der Waals surface area contributed by atoms with E-state index in [4.69, 9.17) is 9.47 Å². The number of unbranched alkanes of at least 4 members (excludes halogenated alkanes) is 1. The predicted molar refractivity (Wildman–Crippen MR) is 104 cm³/mol. The third-order valence-electron chi connectivity index (χ3n) is 4.26. The quantitative estimate of drug-likeness (QED) is 0.343. The van der Waals surface area contributed by atoms with Crippen molar-refractivity contribution in [3.63, 3.8) is 0 Å². The van der Waals surface area contributed by atoms with Crippen LogP contribution in [0.3, 0.4) is 0 Å². The Labute approximate surface area is 173 Å². The number of carbonyl (C=O) groups is 2. The van der Waals surface area contributed by atoms with Gasteiger partial charge in [0.05, 0.1) is 13.0 Å². The monoisotopic (exact) mass is 423 g/mol. The average molecular weight is 423 g/mol. The predicted octanol–water partition coefficient (Wildman–Crippen LogP) is 4.67. The first-order valence-electron chi connectivity index (χ1n) is 9.65. The summed E-state index contributed by atoms with van der Waals surface area (Å²) in [5.74, 6) is -4.11. The molecule has 162 valence electrons. The molecule has 1 unspecified atom stereocenters. The van der Waals surface area contributed by atoms with E-state index in [1.165, 1.54) is 0 Å². The molecule has 5 nitrogen and oxygen atoms in total. The van der Waals surface area contributed by atoms with Gasteiger partial charge in [0.2, 0.25) is 0 Å². The highest BCUT2D eigenvalue weighted by atomic mass is 19.2. The normalized spacial score (nSPS) is 11.6. The second-order valence-electron chi connectivity index (χ2n) is 6.74. The number of nitrogens with one attached hydrogen (secondary N) is 1. The third-order valence-corrected chi connectivity index (χ3v) is 4.26. The van der Waals surface area contributed by atoms with Gasteiger partial charge in [0.1, 0.15) is 12.4 Å². The fourth-order valence-electron chi connectivity index (χ4n) is 2.68. The first kappa shape index (κ1) is 23.3. The topological polar surface area (TPSA) is 64.6 Å². The Hall–Kier alpha value is -3.03. The minimum Gasteiger partial charge on any atom is -0.466 e. The lowest BCUT2D eigenvalue weighted by Crippen LogP contribution is -2.39. The van der Waals surface area contributed by atoms with Crippen molar-refractivity contribution in [1.82, 2.24) is 5.32 Å². The molecule has 0 saturated heterocycles. The number of alkyl carbamates (subject to hydrolysis) is 1. The first-order valence-corrected chi connectivity index (χ1v) is 9.65. The minimum absolute atomic E-state index is 0.000122. The van der Waals surface area contributed by atoms with Crippen LogP contribution in [0.1, 0.15) is 37.3 Å². The lowest BCUT2D eigenvalue weighted by molar-refractivity contribution is -0.144. The summed E-state index contributed by atoms with van der Waals surface area (Å²) < 4.78 is 50.9. The molecule has 0 fully saturated rings. The highest BCUT2D eigenvalue weighted by Gasteiger charge is 2.21. The third kappa shape index (κ3) is 7.77. The SMILES string of the molecule is CCCCOC(=O)CC(Cc1cc(F)c(F)cc1F)NC(=O)OCc1ccccc1. The average Bonchev–Trinajstić information content (AvgIpc) is 2.71. The molecule has 1 N–H and O–H groups in total. The van der Waals surface area contributed by atoms with Gasteiger partial charge in [-0.3, -0.25) is 4.79 Å². The first-order chi connectivity index (χ1) is 14.4. The van der Waals surface area contributed by atoms with E-state index in [0.717, 1.165) is 12.0 Å². The molecular weight excluding hydrogens is 399 g/mol. The second kappa shape index (κ2) is 11.8. The highest BCUT2D eigenvalue weighted by Crippen LogP contribution is 2.17. The number of halogens is 3. The molecular formula is C22H24F3NO4. The molecule has 0 heterocycles. The standard InChI is InChI=1S/C22H24F3NO4/c1-2-3-9-29-21(27)12-17(10-16-11-19(24)20(25)13-18(16)23)26-22(28)30-14-15-7-5-4-6-8-15/h4-8,11,13,17H,2-3,9-10,12,14H2,1H3,(H,26,28). The molecule has 8 heteroatoms. The van der Waals surface area contributed by atoms with Crippen molar-refractivity contribution in [2.75, 3.05) is 6.61 Å². The number of hydrogen-bond donors (Lipinski definition) is 1. The van der Waals surface area contributed by atoms with Gasteiger partial charge in [0.25, 0.3) is 0 Å². The van der Waals surface area contributed by atoms with Gasteiger partial charge in [-0.2, -0.15) is 0 Å². The van der Waals surface area contributed by atoms with Crippen molar-refractivity contribution < 1.29 is 32.2 Å². The number of esters is 1. The molecule has 2 aromatic rings. The summed E-state index contributed by atoms with van der Waals surface area (Å²) in [6.45, 7) is 2.16. The lowest BCUT2D eigenvalue weighted by atomic mass is 10.0. The van der Waals surface area contributed by atoms with Crippen molar-refractivity contribution in [1.29, 1.82) is 0 Å². The van der Waals surface area contributed by atoms with Gasteiger partial charge in [-0.15, -0.1) is 0 Å². The van der Waals surface area contributed by atoms with Crippen LogP contribution in [0.15, 0.2) is 42.5 Å². The van der Waals surface area contributed by atoms with Crippen LogP contribution in [0, 0.1) is 17.5 Å². The number of hydrogen-bond acceptors (Lipinski definition) is 4. The maximum Gasteiger partial charge on any atom is 0.407 e. The van der Waals surface area contributed by atoms with E-state index < -0.39 is 35.6 Å². The number of ether oxygens (including phenoxy) is 2. The molecule has 2 aromatic carbocycles. The summed E-state index contributed by atoms with van der Waals surface area (Å²) >= 11 is 0. The van der Waals surface area contributed by atoms with Gasteiger partial charge in [-0.25, -0.2) is 18.0 Å². The molecule has 2 rings (SSSR count). The zero-order valence-electron chi connectivity index (χ0n) is 16.6. The molecule has 0 radical (unpaired) electrons. The number of rotatable bonds is 10. The van der Waals surface area contributed by atoms with Gasteiger partial charge in [-0.05, 0) is 30.0 Å². The van der Waals surface area contributed by atoms with Crippen molar-refractivity contribution in [3.05, 3.63) is 71.0 Å². The van der Waals surface area contributed by atoms with Gasteiger partial charge in [0, 0.05) is 12.1 Å². The fourth-order valence-corrected chi connectivity index (χ4v) is 2.68. The Morgan fingerprint density at radius 1 is 1.00 bits per heavy atom. The van der Waals surface area contributed by atoms with Crippen LogP contribution < -0.4 is 5.32 Å². The fraction of sp³-hybridized carbons (Fsp3) is 0.364. The summed E-state index contributed by atoms with van der Waals surface area (Å²) in [4.78, 5) is 24.2. The van der Waals surface area contributed by atoms with E-state index in [2.05, 4.69) is 5.32 Å². The van der Waals surface area contributed by atoms with Crippen LogP contribution in [-0.4, -0.2) is 24.7 Å². The number of benzene rings is 2. The van der Waals surface area contributed by atoms with Crippen LogP contribution in [-0.2, 0) is 27.3 Å². The zero-order valence-corrected chi connectivity index (χ0v) is 16.6. The lowest BCUT2D eigenvalue weighted by Gasteiger charge is -2.19. The summed E-state index contributed by atoms with van der Waals surface area (Å²) in [6.07, 6.45) is 0.171. The van der Waals surface area contributed by atoms with E-state index in [1.54, 1.807) is 24.3 Å². The number of amides is 1. The molecule has 0 aliphatic rings. The zero-order chi connectivity index (χ0) is 21.9. The van der Waals surface area contributed by atoms with Gasteiger partial charge in [0.15, 0.2) is 11.6 Å². The molecule has 0 spiro atoms. The second-order valence-corrected chi connectivity index (χ2v) is 6.74. The van der Waals surface area contributed by atoms with Crippen LogP contribution >= 0.6 is 0 Å². The summed E-state index contributed by atoms with van der Waals surface area (Å²) in [6, 6.07) is 9.14. The van der Waals surface area contributed by atoms with Crippen molar-refractivity contribution >= 4 is 12.1 Å². The Balaban J connectivity index is 2.03. The highest BCUT2D eigenvalue weighted by molar-refractivity contribution is 5.72. The van der Waals surface area contributed by atoms with E-state index in [0.29, 0.717) is 18.6 Å². The summed E-state index contributed by atoms with van der Waals surface area (Å²) in [5, 5.41) is 2.47. The van der Waals surface area contributed by atoms with Gasteiger partial charge < -0.3 is 14.8 Å². The molecule has 0 aliphatic carbocycles. The molecule has 0 aromatic heterocycles. The van der Waals surface area contributed by atoms with Gasteiger partial charge >= 0.3 is 12.1 Å². The van der Waals surface area contributed by atoms with Crippen LogP contribution in [0.2, 0.25) is 0 Å². The maximum absolute atomic E-state index is 14.0. The molecule has 0 saturated carbocycles. The van der Waals surface area contributed by atoms with Crippen molar-refractivity contribution in [3.8, 4) is 0 Å². The van der Waals surface area contributed by atoms with Crippen molar-refractivity contribution in [2.45, 2.75) is 45.3 Å². The van der Waals surface area contributed by atoms with E-state index >= 15 is 0 Å². The van der Waals surface area contributed by atoms with Gasteiger partial charge in [-0.1, -0.05) is 43.7 Å². The van der Waals surface area contributed by atoms with Crippen molar-refractivity contribution in [2.24, 2.45) is 0 Å². The van der Waals surface area contributed by atoms with E-state index in [9.17, 15) is 22.8 Å². The van der Waals surface area contributed by atoms with Crippen LogP contribution in [0.25, 0.3) is 0 Å². The Bertz CT molecular complexity index is 846. The van der Waals surface area contributed by atoms with E-state index in [-0.39, 0.29) is 31.6 Å². The Morgan fingerprint density at radius 2 is 1.70 bits per heavy atom. The summed E-state index contributed by atoms with van der Waals surface area (Å²) in [5.41, 5.74) is 0.582. The smallest absolute Gasteiger partial charge is 0.407 e. The molecule has 0 aliphatic heterocycles. The molecule has 0 bridgehead atoms. The molecule has 1 atom stereocenters. The van der Waals surface area contributed by atoms with E-state index in [1.807, 2.05) is 13.0 Å². The summed E-state index contributed by atoms with van der Waals surface area (Å²) in [7, 11) is 0. The molecule has 1 amide bonds. The largest absolute Gasteiger partial charge is 0.466 e. The van der Waals surface area contributed by atoms with Crippen LogP contribution in [0.4, 0.5) is 18.0 Å². The van der Waals surface area contributed by atoms with Crippen LogP contribution in [0.5, 0.6) is 0 Å². The molecule has 30 heavy (non-hydrogen) atoms. The Morgan fingerprint density at radius 3 is 2.40 bits per heavy atom.